The molecule has 1 aromatic heterocycles. The number of carbonyl (C=O) groups is 1. The zero-order chi connectivity index (χ0) is 19.2. The molecule has 6 heteroatoms. The average Bonchev–Trinajstić information content (AvgIpc) is 2.76. The van der Waals surface area contributed by atoms with E-state index in [1.54, 1.807) is 12.1 Å². The number of hydrogen-bond donors (Lipinski definition) is 2. The van der Waals surface area contributed by atoms with Crippen molar-refractivity contribution in [2.24, 2.45) is 0 Å². The Hall–Kier alpha value is -2.63. The molecule has 0 atom stereocenters. The van der Waals surface area contributed by atoms with Crippen molar-refractivity contribution in [1.82, 2.24) is 15.5 Å². The molecule has 0 unspecified atom stereocenters. The monoisotopic (exact) mass is 379 g/mol. The third kappa shape index (κ3) is 4.80. The molecule has 4 rings (SSSR count). The quantitative estimate of drug-likeness (QED) is 0.812. The predicted octanol–water partition coefficient (Wildman–Crippen LogP) is 4.27. The highest BCUT2D eigenvalue weighted by molar-refractivity contribution is 5.92. The first-order valence-corrected chi connectivity index (χ1v) is 10.5. The second kappa shape index (κ2) is 9.04. The Morgan fingerprint density at radius 3 is 2.25 bits per heavy atom. The van der Waals surface area contributed by atoms with Crippen LogP contribution in [-0.4, -0.2) is 35.2 Å². The third-order valence-electron chi connectivity index (χ3n) is 5.70. The maximum absolute atomic E-state index is 12.3. The zero-order valence-corrected chi connectivity index (χ0v) is 16.4. The van der Waals surface area contributed by atoms with Crippen LogP contribution >= 0.6 is 0 Å². The molecule has 2 heterocycles. The fraction of sp³-hybridized carbons (Fsp3) is 0.500. The van der Waals surface area contributed by atoms with Crippen LogP contribution in [0.2, 0.25) is 0 Å². The Labute approximate surface area is 166 Å². The highest BCUT2D eigenvalue weighted by Gasteiger charge is 2.17. The van der Waals surface area contributed by atoms with Gasteiger partial charge in [0.15, 0.2) is 11.5 Å². The molecule has 2 fully saturated rings. The van der Waals surface area contributed by atoms with Gasteiger partial charge in [0.2, 0.25) is 0 Å². The van der Waals surface area contributed by atoms with Crippen molar-refractivity contribution >= 4 is 23.1 Å². The molecule has 2 N–H and O–H groups in total. The van der Waals surface area contributed by atoms with Gasteiger partial charge >= 0.3 is 0 Å². The molecule has 0 spiro atoms. The number of benzene rings is 1. The summed E-state index contributed by atoms with van der Waals surface area (Å²) >= 11 is 0. The lowest BCUT2D eigenvalue weighted by molar-refractivity contribution is 0.0921. The molecule has 1 aromatic carbocycles. The van der Waals surface area contributed by atoms with Crippen LogP contribution in [0, 0.1) is 0 Å². The van der Waals surface area contributed by atoms with Crippen molar-refractivity contribution < 1.29 is 4.79 Å². The highest BCUT2D eigenvalue weighted by atomic mass is 16.2. The van der Waals surface area contributed by atoms with Gasteiger partial charge in [-0.15, -0.1) is 10.2 Å². The molecule has 2 aromatic rings. The van der Waals surface area contributed by atoms with Crippen molar-refractivity contribution in [3.63, 3.8) is 0 Å². The number of nitrogens with one attached hydrogen (secondary N) is 2. The molecule has 1 amide bonds. The Kier molecular flexibility index (Phi) is 6.04. The van der Waals surface area contributed by atoms with E-state index >= 15 is 0 Å². The van der Waals surface area contributed by atoms with Crippen LogP contribution in [-0.2, 0) is 0 Å². The zero-order valence-electron chi connectivity index (χ0n) is 16.4. The van der Waals surface area contributed by atoms with E-state index in [-0.39, 0.29) is 11.9 Å². The standard InChI is InChI=1S/C22H29N5O/c28-22(24-17-7-3-1-4-8-17)20-13-14-21(26-25-20)23-18-9-11-19(12-10-18)27-15-5-2-6-16-27/h9-14,17H,1-8,15-16H2,(H,23,26)(H,24,28). The van der Waals surface area contributed by atoms with E-state index in [0.29, 0.717) is 11.5 Å². The van der Waals surface area contributed by atoms with Gasteiger partial charge < -0.3 is 15.5 Å². The van der Waals surface area contributed by atoms with E-state index in [9.17, 15) is 4.79 Å². The number of aromatic nitrogens is 2. The first-order valence-electron chi connectivity index (χ1n) is 10.5. The van der Waals surface area contributed by atoms with Crippen LogP contribution in [0.1, 0.15) is 61.9 Å². The third-order valence-corrected chi connectivity index (χ3v) is 5.70. The normalized spacial score (nSPS) is 17.9. The Bertz CT molecular complexity index is 763. The Morgan fingerprint density at radius 2 is 1.57 bits per heavy atom. The molecule has 0 bridgehead atoms. The molecule has 1 aliphatic carbocycles. The van der Waals surface area contributed by atoms with Crippen LogP contribution in [0.5, 0.6) is 0 Å². The number of rotatable bonds is 5. The minimum Gasteiger partial charge on any atom is -0.372 e. The molecule has 1 saturated heterocycles. The van der Waals surface area contributed by atoms with Crippen LogP contribution in [0.25, 0.3) is 0 Å². The summed E-state index contributed by atoms with van der Waals surface area (Å²) in [6.07, 6.45) is 9.66. The predicted molar refractivity (Wildman–Crippen MR) is 112 cm³/mol. The minimum atomic E-state index is -0.128. The van der Waals surface area contributed by atoms with Gasteiger partial charge in [-0.3, -0.25) is 4.79 Å². The van der Waals surface area contributed by atoms with E-state index in [2.05, 4.69) is 50.0 Å². The van der Waals surface area contributed by atoms with Gasteiger partial charge in [0.1, 0.15) is 0 Å². The van der Waals surface area contributed by atoms with Crippen LogP contribution in [0.4, 0.5) is 17.2 Å². The van der Waals surface area contributed by atoms with E-state index in [1.807, 2.05) is 0 Å². The lowest BCUT2D eigenvalue weighted by Gasteiger charge is -2.28. The molecule has 148 valence electrons. The second-order valence-corrected chi connectivity index (χ2v) is 7.83. The van der Waals surface area contributed by atoms with Gasteiger partial charge in [0.25, 0.3) is 5.91 Å². The lowest BCUT2D eigenvalue weighted by Crippen LogP contribution is -2.36. The molecule has 28 heavy (non-hydrogen) atoms. The van der Waals surface area contributed by atoms with Crippen molar-refractivity contribution in [3.05, 3.63) is 42.1 Å². The van der Waals surface area contributed by atoms with Crippen molar-refractivity contribution in [3.8, 4) is 0 Å². The summed E-state index contributed by atoms with van der Waals surface area (Å²) < 4.78 is 0. The molecule has 1 aliphatic heterocycles. The average molecular weight is 380 g/mol. The maximum Gasteiger partial charge on any atom is 0.272 e. The number of amides is 1. The summed E-state index contributed by atoms with van der Waals surface area (Å²) in [5.41, 5.74) is 2.61. The summed E-state index contributed by atoms with van der Waals surface area (Å²) in [5, 5.41) is 14.6. The first kappa shape index (κ1) is 18.7. The fourth-order valence-electron chi connectivity index (χ4n) is 4.08. The largest absolute Gasteiger partial charge is 0.372 e. The summed E-state index contributed by atoms with van der Waals surface area (Å²) in [4.78, 5) is 14.8. The molecule has 1 saturated carbocycles. The second-order valence-electron chi connectivity index (χ2n) is 7.83. The van der Waals surface area contributed by atoms with Gasteiger partial charge in [0, 0.05) is 30.5 Å². The summed E-state index contributed by atoms with van der Waals surface area (Å²) in [6.45, 7) is 2.28. The van der Waals surface area contributed by atoms with Gasteiger partial charge in [-0.05, 0) is 68.5 Å². The van der Waals surface area contributed by atoms with Crippen molar-refractivity contribution in [2.45, 2.75) is 57.4 Å². The molecule has 6 nitrogen and oxygen atoms in total. The molecular weight excluding hydrogens is 350 g/mol. The van der Waals surface area contributed by atoms with E-state index in [4.69, 9.17) is 0 Å². The molecule has 2 aliphatic rings. The van der Waals surface area contributed by atoms with Gasteiger partial charge in [-0.2, -0.15) is 0 Å². The van der Waals surface area contributed by atoms with Gasteiger partial charge in [-0.25, -0.2) is 0 Å². The van der Waals surface area contributed by atoms with Crippen molar-refractivity contribution in [2.75, 3.05) is 23.3 Å². The smallest absolute Gasteiger partial charge is 0.272 e. The highest BCUT2D eigenvalue weighted by Crippen LogP contribution is 2.23. The van der Waals surface area contributed by atoms with E-state index in [0.717, 1.165) is 31.6 Å². The number of hydrogen-bond acceptors (Lipinski definition) is 5. The van der Waals surface area contributed by atoms with Crippen molar-refractivity contribution in [1.29, 1.82) is 0 Å². The van der Waals surface area contributed by atoms with Gasteiger partial charge in [0.05, 0.1) is 0 Å². The molecular formula is C22H29N5O. The van der Waals surface area contributed by atoms with Crippen LogP contribution in [0.15, 0.2) is 36.4 Å². The van der Waals surface area contributed by atoms with Crippen LogP contribution in [0.3, 0.4) is 0 Å². The number of anilines is 3. The number of carbonyl (C=O) groups excluding carboxylic acids is 1. The molecule has 0 radical (unpaired) electrons. The maximum atomic E-state index is 12.3. The summed E-state index contributed by atoms with van der Waals surface area (Å²) in [5.74, 6) is 0.511. The number of nitrogens with zero attached hydrogens (tertiary/aromatic N) is 3. The fourth-order valence-corrected chi connectivity index (χ4v) is 4.08. The Balaban J connectivity index is 1.33. The summed E-state index contributed by atoms with van der Waals surface area (Å²) in [7, 11) is 0. The summed E-state index contributed by atoms with van der Waals surface area (Å²) in [6, 6.07) is 12.2. The SMILES string of the molecule is O=C(NC1CCCCC1)c1ccc(Nc2ccc(N3CCCCC3)cc2)nn1. The van der Waals surface area contributed by atoms with Gasteiger partial charge in [-0.1, -0.05) is 19.3 Å². The topological polar surface area (TPSA) is 70.2 Å². The number of piperidine rings is 1. The van der Waals surface area contributed by atoms with E-state index in [1.165, 1.54) is 44.2 Å². The first-order chi connectivity index (χ1) is 13.8. The minimum absolute atomic E-state index is 0.128. The lowest BCUT2D eigenvalue weighted by atomic mass is 9.95. The Morgan fingerprint density at radius 1 is 0.857 bits per heavy atom. The van der Waals surface area contributed by atoms with E-state index < -0.39 is 0 Å². The van der Waals surface area contributed by atoms with Crippen LogP contribution < -0.4 is 15.5 Å².